The van der Waals surface area contributed by atoms with Crippen molar-refractivity contribution in [2.75, 3.05) is 6.54 Å². The Balaban J connectivity index is 1.79. The molecular formula is C11H14N2O3S. The number of nitrogens with one attached hydrogen (secondary N) is 1. The van der Waals surface area contributed by atoms with Crippen molar-refractivity contribution in [1.29, 1.82) is 0 Å². The zero-order valence-electron chi connectivity index (χ0n) is 9.31. The lowest BCUT2D eigenvalue weighted by atomic mass is 9.83. The first-order valence-corrected chi connectivity index (χ1v) is 6.52. The smallest absolute Gasteiger partial charge is 0.355 e. The van der Waals surface area contributed by atoms with Crippen LogP contribution in [0.2, 0.25) is 0 Å². The molecule has 0 radical (unpaired) electrons. The minimum absolute atomic E-state index is 0.0702. The molecule has 1 aromatic rings. The van der Waals surface area contributed by atoms with Gasteiger partial charge in [0, 0.05) is 11.9 Å². The van der Waals surface area contributed by atoms with Gasteiger partial charge < -0.3 is 10.4 Å². The molecule has 0 spiro atoms. The molecular weight excluding hydrogens is 240 g/mol. The van der Waals surface area contributed by atoms with E-state index in [2.05, 4.69) is 10.3 Å². The Hall–Kier alpha value is -1.43. The number of nitrogens with zero attached hydrogens (tertiary/aromatic N) is 1. The highest BCUT2D eigenvalue weighted by Crippen LogP contribution is 2.28. The molecule has 1 aliphatic rings. The average molecular weight is 254 g/mol. The first-order valence-electron chi connectivity index (χ1n) is 5.64. The number of aromatic nitrogens is 1. The molecule has 1 aliphatic carbocycles. The highest BCUT2D eigenvalue weighted by atomic mass is 32.1. The third-order valence-electron chi connectivity index (χ3n) is 2.98. The molecule has 0 atom stereocenters. The molecule has 1 fully saturated rings. The number of aromatic carboxylic acids is 1. The minimum Gasteiger partial charge on any atom is -0.476 e. The van der Waals surface area contributed by atoms with Crippen molar-refractivity contribution in [1.82, 2.24) is 10.3 Å². The lowest BCUT2D eigenvalue weighted by molar-refractivity contribution is 0.0691. The van der Waals surface area contributed by atoms with Crippen LogP contribution in [0.15, 0.2) is 5.38 Å². The van der Waals surface area contributed by atoms with Crippen LogP contribution < -0.4 is 5.32 Å². The molecule has 6 heteroatoms. The molecule has 0 saturated heterocycles. The zero-order chi connectivity index (χ0) is 12.3. The van der Waals surface area contributed by atoms with Crippen LogP contribution in [-0.4, -0.2) is 28.5 Å². The van der Waals surface area contributed by atoms with E-state index in [-0.39, 0.29) is 16.6 Å². The second-order valence-corrected chi connectivity index (χ2v) is 5.04. The number of thiazole rings is 1. The van der Waals surface area contributed by atoms with Gasteiger partial charge in [-0.05, 0) is 12.3 Å². The van der Waals surface area contributed by atoms with E-state index in [1.54, 1.807) is 0 Å². The third kappa shape index (κ3) is 3.03. The van der Waals surface area contributed by atoms with E-state index in [9.17, 15) is 9.59 Å². The van der Waals surface area contributed by atoms with E-state index in [0.717, 1.165) is 23.7 Å². The van der Waals surface area contributed by atoms with Crippen LogP contribution in [-0.2, 0) is 0 Å². The quantitative estimate of drug-likeness (QED) is 0.839. The van der Waals surface area contributed by atoms with E-state index in [1.807, 2.05) is 0 Å². The maximum Gasteiger partial charge on any atom is 0.355 e. The molecule has 2 N–H and O–H groups in total. The van der Waals surface area contributed by atoms with Crippen LogP contribution in [0.1, 0.15) is 46.0 Å². The Labute approximate surface area is 103 Å². The number of carbonyl (C=O) groups excluding carboxylic acids is 1. The first kappa shape index (κ1) is 12.0. The summed E-state index contributed by atoms with van der Waals surface area (Å²) in [5.41, 5.74) is -0.0702. The zero-order valence-corrected chi connectivity index (χ0v) is 10.1. The number of carbonyl (C=O) groups is 2. The highest BCUT2D eigenvalue weighted by Gasteiger charge is 2.18. The van der Waals surface area contributed by atoms with Crippen LogP contribution in [0.4, 0.5) is 0 Å². The first-order chi connectivity index (χ1) is 8.16. The average Bonchev–Trinajstić information content (AvgIpc) is 2.70. The van der Waals surface area contributed by atoms with Gasteiger partial charge in [0.15, 0.2) is 10.7 Å². The van der Waals surface area contributed by atoms with Gasteiger partial charge in [-0.25, -0.2) is 9.78 Å². The molecule has 5 nitrogen and oxygen atoms in total. The minimum atomic E-state index is -1.10. The summed E-state index contributed by atoms with van der Waals surface area (Å²) < 4.78 is 0. The fourth-order valence-corrected chi connectivity index (χ4v) is 2.43. The van der Waals surface area contributed by atoms with Gasteiger partial charge in [0.05, 0.1) is 0 Å². The van der Waals surface area contributed by atoms with Gasteiger partial charge >= 0.3 is 5.97 Å². The van der Waals surface area contributed by atoms with Gasteiger partial charge in [-0.1, -0.05) is 19.3 Å². The van der Waals surface area contributed by atoms with Gasteiger partial charge in [0.2, 0.25) is 0 Å². The summed E-state index contributed by atoms with van der Waals surface area (Å²) in [6.45, 7) is 0.644. The van der Waals surface area contributed by atoms with E-state index < -0.39 is 5.97 Å². The van der Waals surface area contributed by atoms with E-state index in [0.29, 0.717) is 6.54 Å². The lowest BCUT2D eigenvalue weighted by Crippen LogP contribution is -2.27. The Morgan fingerprint density at radius 1 is 1.53 bits per heavy atom. The van der Waals surface area contributed by atoms with Crippen molar-refractivity contribution in [3.63, 3.8) is 0 Å². The van der Waals surface area contributed by atoms with Crippen LogP contribution in [0.3, 0.4) is 0 Å². The second-order valence-electron chi connectivity index (χ2n) is 4.18. The predicted molar refractivity (Wildman–Crippen MR) is 63.4 cm³/mol. The SMILES string of the molecule is O=C(O)c1csc(C(=O)NCCC2CCC2)n1. The maximum absolute atomic E-state index is 11.6. The normalized spacial score (nSPS) is 15.3. The summed E-state index contributed by atoms with van der Waals surface area (Å²) in [6, 6.07) is 0. The molecule has 2 rings (SSSR count). The molecule has 0 unspecified atom stereocenters. The van der Waals surface area contributed by atoms with Gasteiger partial charge in [-0.2, -0.15) is 0 Å². The second kappa shape index (κ2) is 5.27. The standard InChI is InChI=1S/C11H14N2O3S/c14-9(12-5-4-7-2-1-3-7)10-13-8(6-17-10)11(15)16/h6-7H,1-5H2,(H,12,14)(H,15,16). The molecule has 17 heavy (non-hydrogen) atoms. The summed E-state index contributed by atoms with van der Waals surface area (Å²) >= 11 is 1.06. The Bertz CT molecular complexity index is 426. The molecule has 1 aromatic heterocycles. The molecule has 1 heterocycles. The van der Waals surface area contributed by atoms with Gasteiger partial charge in [-0.15, -0.1) is 11.3 Å². The van der Waals surface area contributed by atoms with Crippen molar-refractivity contribution in [2.45, 2.75) is 25.7 Å². The van der Waals surface area contributed by atoms with Crippen molar-refractivity contribution >= 4 is 23.2 Å². The summed E-state index contributed by atoms with van der Waals surface area (Å²) in [6.07, 6.45) is 4.82. The Kier molecular flexibility index (Phi) is 3.73. The fraction of sp³-hybridized carbons (Fsp3) is 0.545. The molecule has 0 aromatic carbocycles. The van der Waals surface area contributed by atoms with Gasteiger partial charge in [-0.3, -0.25) is 4.79 Å². The monoisotopic (exact) mass is 254 g/mol. The summed E-state index contributed by atoms with van der Waals surface area (Å²) in [7, 11) is 0. The fourth-order valence-electron chi connectivity index (χ4n) is 1.72. The maximum atomic E-state index is 11.6. The number of carboxylic acids is 1. The molecule has 1 amide bonds. The van der Waals surface area contributed by atoms with Crippen LogP contribution in [0.25, 0.3) is 0 Å². The van der Waals surface area contributed by atoms with Gasteiger partial charge in [0.1, 0.15) is 0 Å². The largest absolute Gasteiger partial charge is 0.476 e. The topological polar surface area (TPSA) is 79.3 Å². The van der Waals surface area contributed by atoms with E-state index >= 15 is 0 Å². The van der Waals surface area contributed by atoms with E-state index in [4.69, 9.17) is 5.11 Å². The van der Waals surface area contributed by atoms with Crippen LogP contribution in [0.5, 0.6) is 0 Å². The van der Waals surface area contributed by atoms with Crippen LogP contribution >= 0.6 is 11.3 Å². The molecule has 92 valence electrons. The molecule has 0 bridgehead atoms. The van der Waals surface area contributed by atoms with Crippen molar-refractivity contribution in [3.8, 4) is 0 Å². The molecule has 1 saturated carbocycles. The lowest BCUT2D eigenvalue weighted by Gasteiger charge is -2.24. The highest BCUT2D eigenvalue weighted by molar-refractivity contribution is 7.11. The summed E-state index contributed by atoms with van der Waals surface area (Å²) in [4.78, 5) is 26.0. The number of hydrogen-bond donors (Lipinski definition) is 2. The summed E-state index contributed by atoms with van der Waals surface area (Å²) in [5, 5.41) is 13.0. The number of carboxylic acid groups (broad SMARTS) is 1. The predicted octanol–water partition coefficient (Wildman–Crippen LogP) is 1.76. The Morgan fingerprint density at radius 3 is 2.82 bits per heavy atom. The van der Waals surface area contributed by atoms with Crippen molar-refractivity contribution in [2.24, 2.45) is 5.92 Å². The van der Waals surface area contributed by atoms with Crippen LogP contribution in [0, 0.1) is 5.92 Å². The Morgan fingerprint density at radius 2 is 2.29 bits per heavy atom. The van der Waals surface area contributed by atoms with Crippen molar-refractivity contribution in [3.05, 3.63) is 16.1 Å². The molecule has 0 aliphatic heterocycles. The number of hydrogen-bond acceptors (Lipinski definition) is 4. The summed E-state index contributed by atoms with van der Waals surface area (Å²) in [5.74, 6) is -0.627. The number of amides is 1. The number of rotatable bonds is 5. The van der Waals surface area contributed by atoms with Crippen molar-refractivity contribution < 1.29 is 14.7 Å². The third-order valence-corrected chi connectivity index (χ3v) is 3.82. The van der Waals surface area contributed by atoms with Gasteiger partial charge in [0.25, 0.3) is 5.91 Å². The van der Waals surface area contributed by atoms with E-state index in [1.165, 1.54) is 24.6 Å².